The number of imidazole rings is 1. The second kappa shape index (κ2) is 10.9. The van der Waals surface area contributed by atoms with Crippen molar-refractivity contribution in [3.8, 4) is 0 Å². The highest BCUT2D eigenvalue weighted by atomic mass is 127. The number of rotatable bonds is 7. The lowest BCUT2D eigenvalue weighted by Gasteiger charge is -2.25. The predicted octanol–water partition coefficient (Wildman–Crippen LogP) is 2.50. The van der Waals surface area contributed by atoms with E-state index in [0.29, 0.717) is 6.04 Å². The number of aliphatic imine (C=N–C) groups is 1. The van der Waals surface area contributed by atoms with Crippen LogP contribution in [0.1, 0.15) is 32.0 Å². The molecule has 1 unspecified atom stereocenters. The Morgan fingerprint density at radius 1 is 1.31 bits per heavy atom. The van der Waals surface area contributed by atoms with Crippen molar-refractivity contribution in [2.24, 2.45) is 4.99 Å². The van der Waals surface area contributed by atoms with Gasteiger partial charge in [-0.3, -0.25) is 9.89 Å². The van der Waals surface area contributed by atoms with Crippen molar-refractivity contribution in [2.45, 2.75) is 45.7 Å². The van der Waals surface area contributed by atoms with E-state index in [9.17, 15) is 0 Å². The fourth-order valence-corrected chi connectivity index (χ4v) is 3.67. The SMILES string of the molecule is CCNC(=NCCCCn1ccnc1C)N1CCC(N2CC=CC2)C1.I. The summed E-state index contributed by atoms with van der Waals surface area (Å²) in [4.78, 5) is 14.1. The Labute approximate surface area is 174 Å². The van der Waals surface area contributed by atoms with E-state index in [0.717, 1.165) is 70.4 Å². The number of aryl methyl sites for hydroxylation is 2. The molecule has 0 saturated carbocycles. The van der Waals surface area contributed by atoms with Gasteiger partial charge in [-0.05, 0) is 33.1 Å². The molecule has 1 aromatic heterocycles. The third kappa shape index (κ3) is 5.70. The fraction of sp³-hybridized carbons (Fsp3) is 0.684. The van der Waals surface area contributed by atoms with E-state index in [-0.39, 0.29) is 24.0 Å². The maximum absolute atomic E-state index is 4.87. The van der Waals surface area contributed by atoms with E-state index in [1.807, 2.05) is 6.20 Å². The fourth-order valence-electron chi connectivity index (χ4n) is 3.67. The van der Waals surface area contributed by atoms with Gasteiger partial charge in [0.25, 0.3) is 0 Å². The van der Waals surface area contributed by atoms with Crippen LogP contribution in [0.15, 0.2) is 29.5 Å². The van der Waals surface area contributed by atoms with Crippen LogP contribution in [-0.4, -0.2) is 70.6 Å². The first-order chi connectivity index (χ1) is 12.3. The van der Waals surface area contributed by atoms with Gasteiger partial charge in [0, 0.05) is 64.2 Å². The van der Waals surface area contributed by atoms with Gasteiger partial charge in [0.05, 0.1) is 0 Å². The maximum atomic E-state index is 4.87. The Balaban J connectivity index is 0.00000243. The van der Waals surface area contributed by atoms with Gasteiger partial charge in [-0.25, -0.2) is 4.98 Å². The summed E-state index contributed by atoms with van der Waals surface area (Å²) >= 11 is 0. The predicted molar refractivity (Wildman–Crippen MR) is 118 cm³/mol. The van der Waals surface area contributed by atoms with Crippen LogP contribution in [0.2, 0.25) is 0 Å². The summed E-state index contributed by atoms with van der Waals surface area (Å²) in [5, 5.41) is 3.48. The zero-order chi connectivity index (χ0) is 17.5. The summed E-state index contributed by atoms with van der Waals surface area (Å²) in [6.45, 7) is 11.5. The quantitative estimate of drug-likeness (QED) is 0.218. The van der Waals surface area contributed by atoms with Crippen LogP contribution >= 0.6 is 24.0 Å². The normalized spacial score (nSPS) is 20.6. The highest BCUT2D eigenvalue weighted by molar-refractivity contribution is 14.0. The molecule has 2 aliphatic heterocycles. The number of unbranched alkanes of at least 4 members (excludes halogenated alkanes) is 1. The van der Waals surface area contributed by atoms with E-state index >= 15 is 0 Å². The Morgan fingerprint density at radius 2 is 2.12 bits per heavy atom. The van der Waals surface area contributed by atoms with Crippen LogP contribution in [0, 0.1) is 6.92 Å². The van der Waals surface area contributed by atoms with E-state index in [1.54, 1.807) is 0 Å². The number of halogens is 1. The molecular formula is C19H33IN6. The van der Waals surface area contributed by atoms with Crippen LogP contribution < -0.4 is 5.32 Å². The van der Waals surface area contributed by atoms with Gasteiger partial charge in [0.15, 0.2) is 5.96 Å². The van der Waals surface area contributed by atoms with Gasteiger partial charge in [0.1, 0.15) is 5.82 Å². The number of guanidine groups is 1. The van der Waals surface area contributed by atoms with Crippen LogP contribution in [0.5, 0.6) is 0 Å². The first kappa shape index (κ1) is 21.2. The molecule has 3 rings (SSSR count). The molecule has 26 heavy (non-hydrogen) atoms. The molecule has 0 bridgehead atoms. The van der Waals surface area contributed by atoms with Crippen molar-refractivity contribution in [1.82, 2.24) is 24.7 Å². The standard InChI is InChI=1S/C19H32N6.HI/c1-3-20-19(22-9-4-5-11-23-15-10-21-17(23)2)25-14-8-18(16-25)24-12-6-7-13-24;/h6-7,10,15,18H,3-5,8-9,11-14,16H2,1-2H3,(H,20,22);1H. The van der Waals surface area contributed by atoms with Gasteiger partial charge >= 0.3 is 0 Å². The molecule has 0 radical (unpaired) electrons. The molecule has 1 atom stereocenters. The van der Waals surface area contributed by atoms with E-state index in [1.165, 1.54) is 6.42 Å². The Kier molecular flexibility index (Phi) is 8.90. The molecule has 2 aliphatic rings. The van der Waals surface area contributed by atoms with Gasteiger partial charge in [-0.2, -0.15) is 0 Å². The minimum absolute atomic E-state index is 0. The molecule has 1 fully saturated rings. The van der Waals surface area contributed by atoms with Crippen molar-refractivity contribution in [3.05, 3.63) is 30.4 Å². The number of nitrogens with zero attached hydrogens (tertiary/aromatic N) is 5. The molecule has 146 valence electrons. The second-order valence-electron chi connectivity index (χ2n) is 6.92. The number of hydrogen-bond acceptors (Lipinski definition) is 3. The third-order valence-electron chi connectivity index (χ3n) is 5.15. The molecule has 0 aromatic carbocycles. The zero-order valence-corrected chi connectivity index (χ0v) is 18.4. The lowest BCUT2D eigenvalue weighted by Crippen LogP contribution is -2.42. The summed E-state index contributed by atoms with van der Waals surface area (Å²) < 4.78 is 2.21. The topological polar surface area (TPSA) is 48.7 Å². The third-order valence-corrected chi connectivity index (χ3v) is 5.15. The minimum Gasteiger partial charge on any atom is -0.357 e. The summed E-state index contributed by atoms with van der Waals surface area (Å²) in [5.41, 5.74) is 0. The molecule has 0 amide bonds. The molecule has 1 aromatic rings. The van der Waals surface area contributed by atoms with Crippen molar-refractivity contribution in [3.63, 3.8) is 0 Å². The summed E-state index contributed by atoms with van der Waals surface area (Å²) in [6.07, 6.45) is 12.0. The molecule has 6 nitrogen and oxygen atoms in total. The van der Waals surface area contributed by atoms with Crippen molar-refractivity contribution in [2.75, 3.05) is 39.3 Å². The number of hydrogen-bond donors (Lipinski definition) is 1. The summed E-state index contributed by atoms with van der Waals surface area (Å²) in [5.74, 6) is 2.19. The highest BCUT2D eigenvalue weighted by Gasteiger charge is 2.29. The van der Waals surface area contributed by atoms with Crippen LogP contribution in [0.25, 0.3) is 0 Å². The smallest absolute Gasteiger partial charge is 0.193 e. The lowest BCUT2D eigenvalue weighted by molar-refractivity contribution is 0.259. The average molecular weight is 472 g/mol. The van der Waals surface area contributed by atoms with E-state index in [2.05, 4.69) is 56.9 Å². The molecular weight excluding hydrogens is 439 g/mol. The highest BCUT2D eigenvalue weighted by Crippen LogP contribution is 2.18. The molecule has 1 saturated heterocycles. The van der Waals surface area contributed by atoms with Crippen molar-refractivity contribution in [1.29, 1.82) is 0 Å². The number of nitrogens with one attached hydrogen (secondary N) is 1. The monoisotopic (exact) mass is 472 g/mol. The van der Waals surface area contributed by atoms with Crippen LogP contribution in [0.4, 0.5) is 0 Å². The average Bonchev–Trinajstić information content (AvgIpc) is 3.35. The molecule has 1 N–H and O–H groups in total. The molecule has 3 heterocycles. The summed E-state index contributed by atoms with van der Waals surface area (Å²) in [7, 11) is 0. The molecule has 0 aliphatic carbocycles. The van der Waals surface area contributed by atoms with Crippen LogP contribution in [-0.2, 0) is 6.54 Å². The Hall–Kier alpha value is -1.09. The maximum Gasteiger partial charge on any atom is 0.193 e. The van der Waals surface area contributed by atoms with Crippen LogP contribution in [0.3, 0.4) is 0 Å². The van der Waals surface area contributed by atoms with Gasteiger partial charge in [-0.15, -0.1) is 24.0 Å². The Bertz CT molecular complexity index is 589. The van der Waals surface area contributed by atoms with E-state index in [4.69, 9.17) is 4.99 Å². The zero-order valence-electron chi connectivity index (χ0n) is 16.1. The molecule has 0 spiro atoms. The lowest BCUT2D eigenvalue weighted by atomic mass is 10.2. The Morgan fingerprint density at radius 3 is 2.81 bits per heavy atom. The number of aromatic nitrogens is 2. The minimum atomic E-state index is 0. The van der Waals surface area contributed by atoms with Gasteiger partial charge in [-0.1, -0.05) is 12.2 Å². The largest absolute Gasteiger partial charge is 0.357 e. The second-order valence-corrected chi connectivity index (χ2v) is 6.92. The first-order valence-corrected chi connectivity index (χ1v) is 9.68. The van der Waals surface area contributed by atoms with E-state index < -0.39 is 0 Å². The first-order valence-electron chi connectivity index (χ1n) is 9.68. The molecule has 7 heteroatoms. The van der Waals surface area contributed by atoms with Gasteiger partial charge < -0.3 is 14.8 Å². The summed E-state index contributed by atoms with van der Waals surface area (Å²) in [6, 6.07) is 0.670. The van der Waals surface area contributed by atoms with Gasteiger partial charge in [0.2, 0.25) is 0 Å². The van der Waals surface area contributed by atoms with Crippen molar-refractivity contribution < 1.29 is 0 Å². The van der Waals surface area contributed by atoms with Crippen molar-refractivity contribution >= 4 is 29.9 Å². The number of likely N-dealkylation sites (tertiary alicyclic amines) is 1.